The number of hydrogen-bond donors (Lipinski definition) is 1. The maximum atomic E-state index is 12.9. The highest BCUT2D eigenvalue weighted by molar-refractivity contribution is 7.17. The Bertz CT molecular complexity index is 914. The van der Waals surface area contributed by atoms with Crippen molar-refractivity contribution in [3.8, 4) is 10.6 Å². The van der Waals surface area contributed by atoms with Crippen LogP contribution in [-0.2, 0) is 6.54 Å². The summed E-state index contributed by atoms with van der Waals surface area (Å²) in [6, 6.07) is 18.3. The molecule has 0 bridgehead atoms. The number of piperidine rings is 1. The molecule has 0 radical (unpaired) electrons. The fourth-order valence-corrected chi connectivity index (χ4v) is 4.60. The smallest absolute Gasteiger partial charge is 0.263 e. The molecule has 5 heteroatoms. The summed E-state index contributed by atoms with van der Waals surface area (Å²) in [7, 11) is 0. The molecule has 2 aromatic heterocycles. The summed E-state index contributed by atoms with van der Waals surface area (Å²) in [5.74, 6) is 0.643. The van der Waals surface area contributed by atoms with Crippen molar-refractivity contribution in [1.82, 2.24) is 9.88 Å². The Morgan fingerprint density at radius 2 is 1.96 bits per heavy atom. The van der Waals surface area contributed by atoms with Crippen LogP contribution >= 0.6 is 11.3 Å². The largest absolute Gasteiger partial charge is 0.338 e. The van der Waals surface area contributed by atoms with Crippen molar-refractivity contribution in [2.75, 3.05) is 13.1 Å². The second-order valence-corrected chi connectivity index (χ2v) is 7.98. The molecule has 1 amide bonds. The molecule has 0 spiro atoms. The summed E-state index contributed by atoms with van der Waals surface area (Å²) in [4.78, 5) is 21.1. The number of amides is 1. The highest BCUT2D eigenvalue weighted by atomic mass is 32.1. The minimum absolute atomic E-state index is 0.136. The van der Waals surface area contributed by atoms with E-state index in [1.807, 2.05) is 35.2 Å². The lowest BCUT2D eigenvalue weighted by molar-refractivity contribution is 0.0718. The Kier molecular flexibility index (Phi) is 5.32. The molecular formula is C22H23N3OS. The molecule has 2 N–H and O–H groups in total. The molecule has 4 nitrogen and oxygen atoms in total. The fraction of sp³-hybridized carbons (Fsp3) is 0.273. The van der Waals surface area contributed by atoms with Gasteiger partial charge in [-0.15, -0.1) is 11.3 Å². The third-order valence-corrected chi connectivity index (χ3v) is 6.27. The van der Waals surface area contributed by atoms with Crippen LogP contribution in [0.2, 0.25) is 0 Å². The number of pyridine rings is 1. The molecule has 138 valence electrons. The quantitative estimate of drug-likeness (QED) is 0.738. The summed E-state index contributed by atoms with van der Waals surface area (Å²) in [6.45, 7) is 2.17. The van der Waals surface area contributed by atoms with Crippen LogP contribution in [0.3, 0.4) is 0 Å². The predicted molar refractivity (Wildman–Crippen MR) is 110 cm³/mol. The number of hydrogen-bond acceptors (Lipinski definition) is 4. The average Bonchev–Trinajstić information content (AvgIpc) is 3.24. The van der Waals surface area contributed by atoms with E-state index in [-0.39, 0.29) is 5.91 Å². The molecule has 27 heavy (non-hydrogen) atoms. The third kappa shape index (κ3) is 3.94. The number of thiophene rings is 1. The number of nitrogens with zero attached hydrogens (tertiary/aromatic N) is 2. The van der Waals surface area contributed by atoms with Crippen LogP contribution in [0.5, 0.6) is 0 Å². The van der Waals surface area contributed by atoms with E-state index in [4.69, 9.17) is 5.73 Å². The van der Waals surface area contributed by atoms with Crippen molar-refractivity contribution in [2.45, 2.75) is 25.3 Å². The number of nitrogens with two attached hydrogens (primary N) is 1. The topological polar surface area (TPSA) is 59.2 Å². The number of aromatic nitrogens is 1. The van der Waals surface area contributed by atoms with Crippen LogP contribution in [0.4, 0.5) is 0 Å². The molecule has 0 saturated carbocycles. The van der Waals surface area contributed by atoms with E-state index in [1.54, 1.807) is 6.20 Å². The molecule has 1 fully saturated rings. The molecule has 1 aliphatic rings. The van der Waals surface area contributed by atoms with Gasteiger partial charge in [-0.2, -0.15) is 0 Å². The van der Waals surface area contributed by atoms with Crippen LogP contribution in [0.25, 0.3) is 10.6 Å². The van der Waals surface area contributed by atoms with Gasteiger partial charge in [0.05, 0.1) is 15.4 Å². The lowest BCUT2D eigenvalue weighted by atomic mass is 9.88. The number of carbonyl (C=O) groups is 1. The number of benzene rings is 1. The second-order valence-electron chi connectivity index (χ2n) is 6.89. The van der Waals surface area contributed by atoms with Gasteiger partial charge >= 0.3 is 0 Å². The minimum Gasteiger partial charge on any atom is -0.338 e. The molecule has 1 aliphatic heterocycles. The van der Waals surface area contributed by atoms with Gasteiger partial charge in [0, 0.05) is 25.8 Å². The highest BCUT2D eigenvalue weighted by Crippen LogP contribution is 2.31. The van der Waals surface area contributed by atoms with Gasteiger partial charge in [0.1, 0.15) is 0 Å². The molecule has 0 aliphatic carbocycles. The maximum Gasteiger partial charge on any atom is 0.263 e. The predicted octanol–water partition coefficient (Wildman–Crippen LogP) is 4.29. The van der Waals surface area contributed by atoms with Gasteiger partial charge in [0.25, 0.3) is 5.91 Å². The van der Waals surface area contributed by atoms with E-state index in [0.29, 0.717) is 12.5 Å². The average molecular weight is 378 g/mol. The molecule has 3 heterocycles. The van der Waals surface area contributed by atoms with Crippen molar-refractivity contribution in [3.63, 3.8) is 0 Å². The van der Waals surface area contributed by atoms with Crippen LogP contribution in [-0.4, -0.2) is 28.9 Å². The summed E-state index contributed by atoms with van der Waals surface area (Å²) < 4.78 is 0. The van der Waals surface area contributed by atoms with E-state index in [2.05, 4.69) is 29.2 Å². The highest BCUT2D eigenvalue weighted by Gasteiger charge is 2.25. The number of carbonyl (C=O) groups excluding carboxylic acids is 1. The van der Waals surface area contributed by atoms with Gasteiger partial charge in [-0.05, 0) is 54.2 Å². The van der Waals surface area contributed by atoms with Crippen molar-refractivity contribution >= 4 is 17.2 Å². The Balaban J connectivity index is 1.41. The van der Waals surface area contributed by atoms with E-state index in [9.17, 15) is 4.79 Å². The zero-order chi connectivity index (χ0) is 18.6. The van der Waals surface area contributed by atoms with Gasteiger partial charge in [-0.1, -0.05) is 30.3 Å². The van der Waals surface area contributed by atoms with Crippen molar-refractivity contribution in [3.05, 3.63) is 76.8 Å². The summed E-state index contributed by atoms with van der Waals surface area (Å²) in [6.07, 6.45) is 3.78. The summed E-state index contributed by atoms with van der Waals surface area (Å²) in [5, 5.41) is 0. The van der Waals surface area contributed by atoms with E-state index in [0.717, 1.165) is 41.4 Å². The maximum absolute atomic E-state index is 12.9. The van der Waals surface area contributed by atoms with Crippen molar-refractivity contribution in [2.24, 2.45) is 5.73 Å². The van der Waals surface area contributed by atoms with Gasteiger partial charge < -0.3 is 10.6 Å². The zero-order valence-corrected chi connectivity index (χ0v) is 16.0. The van der Waals surface area contributed by atoms with Crippen LogP contribution in [0.1, 0.15) is 39.6 Å². The third-order valence-electron chi connectivity index (χ3n) is 5.17. The first kappa shape index (κ1) is 17.9. The molecule has 3 aromatic rings. The Morgan fingerprint density at radius 1 is 1.11 bits per heavy atom. The SMILES string of the molecule is NCc1cccc(C2CCN(C(=O)c3ccc(-c4ccccn4)s3)CC2)c1. The van der Waals surface area contributed by atoms with Gasteiger partial charge in [-0.25, -0.2) is 0 Å². The molecule has 1 saturated heterocycles. The van der Waals surface area contributed by atoms with Crippen LogP contribution in [0, 0.1) is 0 Å². The number of likely N-dealkylation sites (tertiary alicyclic amines) is 1. The van der Waals surface area contributed by atoms with Gasteiger partial charge in [-0.3, -0.25) is 9.78 Å². The van der Waals surface area contributed by atoms with E-state index in [1.165, 1.54) is 22.5 Å². The lowest BCUT2D eigenvalue weighted by Gasteiger charge is -2.32. The number of rotatable bonds is 4. The molecular weight excluding hydrogens is 354 g/mol. The van der Waals surface area contributed by atoms with E-state index < -0.39 is 0 Å². The minimum atomic E-state index is 0.136. The lowest BCUT2D eigenvalue weighted by Crippen LogP contribution is -2.37. The Labute approximate surface area is 163 Å². The summed E-state index contributed by atoms with van der Waals surface area (Å²) in [5.41, 5.74) is 9.20. The van der Waals surface area contributed by atoms with Gasteiger partial charge in [0.15, 0.2) is 0 Å². The second kappa shape index (κ2) is 8.03. The molecule has 4 rings (SSSR count). The standard InChI is InChI=1S/C22H23N3OS/c23-15-16-4-3-5-18(14-16)17-9-12-25(13-10-17)22(26)21-8-7-20(27-21)19-6-1-2-11-24-19/h1-8,11,14,17H,9-10,12-13,15,23H2. The van der Waals surface area contributed by atoms with E-state index >= 15 is 0 Å². The van der Waals surface area contributed by atoms with Crippen molar-refractivity contribution in [1.29, 1.82) is 0 Å². The first-order chi connectivity index (χ1) is 13.2. The molecule has 1 aromatic carbocycles. The Hall–Kier alpha value is -2.50. The van der Waals surface area contributed by atoms with Crippen LogP contribution in [0.15, 0.2) is 60.8 Å². The van der Waals surface area contributed by atoms with Crippen LogP contribution < -0.4 is 5.73 Å². The molecule has 0 unspecified atom stereocenters. The Morgan fingerprint density at radius 3 is 2.70 bits per heavy atom. The normalized spacial score (nSPS) is 15.1. The summed E-state index contributed by atoms with van der Waals surface area (Å²) >= 11 is 1.52. The fourth-order valence-electron chi connectivity index (χ4n) is 3.64. The first-order valence-electron chi connectivity index (χ1n) is 9.34. The van der Waals surface area contributed by atoms with Crippen molar-refractivity contribution < 1.29 is 4.79 Å². The monoisotopic (exact) mass is 377 g/mol. The zero-order valence-electron chi connectivity index (χ0n) is 15.2. The molecule has 0 atom stereocenters. The first-order valence-corrected chi connectivity index (χ1v) is 10.2. The van der Waals surface area contributed by atoms with Gasteiger partial charge in [0.2, 0.25) is 0 Å².